The second-order valence-corrected chi connectivity index (χ2v) is 5.93. The molecule has 2 aromatic rings. The van der Waals surface area contributed by atoms with Crippen molar-refractivity contribution >= 4 is 11.8 Å². The van der Waals surface area contributed by atoms with Crippen molar-refractivity contribution in [3.8, 4) is 0 Å². The highest BCUT2D eigenvalue weighted by Crippen LogP contribution is 2.18. The molecule has 1 unspecified atom stereocenters. The molecule has 2 aromatic carbocycles. The molecule has 0 saturated carbocycles. The van der Waals surface area contributed by atoms with E-state index < -0.39 is 0 Å². The van der Waals surface area contributed by atoms with Crippen molar-refractivity contribution < 1.29 is 9.59 Å². The first-order valence-electron chi connectivity index (χ1n) is 8.41. The zero-order chi connectivity index (χ0) is 18.1. The third-order valence-corrected chi connectivity index (χ3v) is 4.04. The molecule has 0 radical (unpaired) electrons. The van der Waals surface area contributed by atoms with Gasteiger partial charge in [0.2, 0.25) is 5.91 Å². The molecule has 2 amide bonds. The molecule has 5 heteroatoms. The van der Waals surface area contributed by atoms with Gasteiger partial charge in [0.1, 0.15) is 0 Å². The zero-order valence-electron chi connectivity index (χ0n) is 14.7. The minimum Gasteiger partial charge on any atom is -0.345 e. The van der Waals surface area contributed by atoms with Gasteiger partial charge in [-0.1, -0.05) is 48.5 Å². The molecule has 0 saturated heterocycles. The zero-order valence-corrected chi connectivity index (χ0v) is 14.7. The average molecular weight is 339 g/mol. The van der Waals surface area contributed by atoms with Gasteiger partial charge in [-0.3, -0.25) is 9.59 Å². The molecule has 132 valence electrons. The Morgan fingerprint density at radius 3 is 2.20 bits per heavy atom. The topological polar surface area (TPSA) is 61.4 Å². The van der Waals surface area contributed by atoms with Crippen molar-refractivity contribution in [1.82, 2.24) is 15.5 Å². The Bertz CT molecular complexity index is 674. The number of hydrogen-bond donors (Lipinski definition) is 2. The molecule has 0 aliphatic heterocycles. The first kappa shape index (κ1) is 18.7. The van der Waals surface area contributed by atoms with E-state index in [1.165, 1.54) is 0 Å². The highest BCUT2D eigenvalue weighted by atomic mass is 16.2. The van der Waals surface area contributed by atoms with E-state index in [2.05, 4.69) is 10.6 Å². The summed E-state index contributed by atoms with van der Waals surface area (Å²) in [5, 5.41) is 6.02. The van der Waals surface area contributed by atoms with Crippen molar-refractivity contribution in [2.45, 2.75) is 12.5 Å². The highest BCUT2D eigenvalue weighted by Gasteiger charge is 2.21. The van der Waals surface area contributed by atoms with Gasteiger partial charge in [0.15, 0.2) is 0 Å². The predicted molar refractivity (Wildman–Crippen MR) is 99.3 cm³/mol. The van der Waals surface area contributed by atoms with Gasteiger partial charge in [0, 0.05) is 25.7 Å². The summed E-state index contributed by atoms with van der Waals surface area (Å²) in [4.78, 5) is 26.7. The van der Waals surface area contributed by atoms with Crippen LogP contribution in [0.3, 0.4) is 0 Å². The van der Waals surface area contributed by atoms with E-state index in [-0.39, 0.29) is 24.3 Å². The molecule has 0 heterocycles. The van der Waals surface area contributed by atoms with Gasteiger partial charge in [0.05, 0.1) is 12.5 Å². The normalized spacial score (nSPS) is 11.6. The van der Waals surface area contributed by atoms with Crippen molar-refractivity contribution in [3.63, 3.8) is 0 Å². The number of rotatable bonds is 8. The molecular weight excluding hydrogens is 314 g/mol. The van der Waals surface area contributed by atoms with Crippen molar-refractivity contribution in [3.05, 3.63) is 71.8 Å². The number of amides is 2. The van der Waals surface area contributed by atoms with Crippen molar-refractivity contribution in [2.24, 2.45) is 0 Å². The lowest BCUT2D eigenvalue weighted by molar-refractivity contribution is -0.130. The summed E-state index contributed by atoms with van der Waals surface area (Å²) in [6.07, 6.45) is 0.225. The number of benzene rings is 2. The SMILES string of the molecule is CNCCN(C)C(=O)CC(NC(=O)c1ccccc1)c1ccccc1. The van der Waals surface area contributed by atoms with Gasteiger partial charge in [-0.2, -0.15) is 0 Å². The van der Waals surface area contributed by atoms with Gasteiger partial charge in [0.25, 0.3) is 5.91 Å². The Morgan fingerprint density at radius 1 is 1.00 bits per heavy atom. The Hall–Kier alpha value is -2.66. The second-order valence-electron chi connectivity index (χ2n) is 5.93. The lowest BCUT2D eigenvalue weighted by Crippen LogP contribution is -2.37. The van der Waals surface area contributed by atoms with Crippen LogP contribution in [0, 0.1) is 0 Å². The lowest BCUT2D eigenvalue weighted by atomic mass is 10.0. The maximum absolute atomic E-state index is 12.5. The van der Waals surface area contributed by atoms with Crippen LogP contribution in [0.1, 0.15) is 28.4 Å². The predicted octanol–water partition coefficient (Wildman–Crippen LogP) is 2.23. The maximum Gasteiger partial charge on any atom is 0.251 e. The Morgan fingerprint density at radius 2 is 1.60 bits per heavy atom. The molecule has 0 aliphatic carbocycles. The smallest absolute Gasteiger partial charge is 0.251 e. The molecule has 0 aromatic heterocycles. The summed E-state index contributed by atoms with van der Waals surface area (Å²) in [6.45, 7) is 1.36. The van der Waals surface area contributed by atoms with Crippen LogP contribution in [0.5, 0.6) is 0 Å². The summed E-state index contributed by atoms with van der Waals surface area (Å²) >= 11 is 0. The minimum atomic E-state index is -0.363. The first-order valence-corrected chi connectivity index (χ1v) is 8.41. The van der Waals surface area contributed by atoms with E-state index in [1.54, 1.807) is 24.1 Å². The quantitative estimate of drug-likeness (QED) is 0.775. The molecule has 5 nitrogen and oxygen atoms in total. The van der Waals surface area contributed by atoms with Crippen LogP contribution in [-0.2, 0) is 4.79 Å². The third-order valence-electron chi connectivity index (χ3n) is 4.04. The molecule has 1 atom stereocenters. The molecular formula is C20H25N3O2. The Kier molecular flexibility index (Phi) is 7.16. The number of likely N-dealkylation sites (N-methyl/N-ethyl adjacent to an activating group) is 2. The molecule has 2 N–H and O–H groups in total. The second kappa shape index (κ2) is 9.59. The summed E-state index contributed by atoms with van der Waals surface area (Å²) in [6, 6.07) is 18.3. The van der Waals surface area contributed by atoms with E-state index in [9.17, 15) is 9.59 Å². The fourth-order valence-corrected chi connectivity index (χ4v) is 2.50. The van der Waals surface area contributed by atoms with Crippen LogP contribution < -0.4 is 10.6 Å². The molecule has 0 spiro atoms. The highest BCUT2D eigenvalue weighted by molar-refractivity contribution is 5.94. The number of nitrogens with zero attached hydrogens (tertiary/aromatic N) is 1. The largest absolute Gasteiger partial charge is 0.345 e. The van der Waals surface area contributed by atoms with Crippen LogP contribution in [0.25, 0.3) is 0 Å². The Balaban J connectivity index is 2.11. The first-order chi connectivity index (χ1) is 12.1. The molecule has 0 aliphatic rings. The van der Waals surface area contributed by atoms with Crippen molar-refractivity contribution in [2.75, 3.05) is 27.2 Å². The third kappa shape index (κ3) is 5.72. The molecule has 25 heavy (non-hydrogen) atoms. The summed E-state index contributed by atoms with van der Waals surface area (Å²) in [7, 11) is 3.63. The number of carbonyl (C=O) groups excluding carboxylic acids is 2. The minimum absolute atomic E-state index is 0.00235. The fourth-order valence-electron chi connectivity index (χ4n) is 2.50. The van der Waals surface area contributed by atoms with E-state index in [0.717, 1.165) is 12.1 Å². The standard InChI is InChI=1S/C20H25N3O2/c1-21-13-14-23(2)19(24)15-18(16-9-5-3-6-10-16)22-20(25)17-11-7-4-8-12-17/h3-12,18,21H,13-15H2,1-2H3,(H,22,25). The molecule has 0 fully saturated rings. The Labute approximate surface area is 149 Å². The van der Waals surface area contributed by atoms with Crippen LogP contribution in [-0.4, -0.2) is 43.9 Å². The van der Waals surface area contributed by atoms with E-state index in [0.29, 0.717) is 12.1 Å². The molecule has 2 rings (SSSR count). The van der Waals surface area contributed by atoms with Crippen LogP contribution >= 0.6 is 0 Å². The number of nitrogens with one attached hydrogen (secondary N) is 2. The number of carbonyl (C=O) groups is 2. The fraction of sp³-hybridized carbons (Fsp3) is 0.300. The lowest BCUT2D eigenvalue weighted by Gasteiger charge is -2.23. The summed E-state index contributed by atoms with van der Waals surface area (Å²) < 4.78 is 0. The van der Waals surface area contributed by atoms with Crippen LogP contribution in [0.2, 0.25) is 0 Å². The van der Waals surface area contributed by atoms with E-state index in [1.807, 2.05) is 55.6 Å². The summed E-state index contributed by atoms with van der Waals surface area (Å²) in [5.74, 6) is -0.183. The van der Waals surface area contributed by atoms with E-state index in [4.69, 9.17) is 0 Å². The maximum atomic E-state index is 12.5. The van der Waals surface area contributed by atoms with Crippen LogP contribution in [0.15, 0.2) is 60.7 Å². The monoisotopic (exact) mass is 339 g/mol. The van der Waals surface area contributed by atoms with Gasteiger partial charge in [-0.15, -0.1) is 0 Å². The number of hydrogen-bond acceptors (Lipinski definition) is 3. The van der Waals surface area contributed by atoms with Gasteiger partial charge >= 0.3 is 0 Å². The molecule has 0 bridgehead atoms. The van der Waals surface area contributed by atoms with E-state index >= 15 is 0 Å². The average Bonchev–Trinajstić information content (AvgIpc) is 2.66. The summed E-state index contributed by atoms with van der Waals surface area (Å²) in [5.41, 5.74) is 1.50. The van der Waals surface area contributed by atoms with Gasteiger partial charge in [-0.05, 0) is 24.7 Å². The van der Waals surface area contributed by atoms with Gasteiger partial charge < -0.3 is 15.5 Å². The van der Waals surface area contributed by atoms with Gasteiger partial charge in [-0.25, -0.2) is 0 Å². The van der Waals surface area contributed by atoms with Crippen molar-refractivity contribution in [1.29, 1.82) is 0 Å². The van der Waals surface area contributed by atoms with Crippen LogP contribution in [0.4, 0.5) is 0 Å².